The topological polar surface area (TPSA) is 69.6 Å². The van der Waals surface area contributed by atoms with Crippen LogP contribution in [-0.2, 0) is 4.79 Å². The van der Waals surface area contributed by atoms with Crippen molar-refractivity contribution in [3.63, 3.8) is 0 Å². The Balaban J connectivity index is 2.51. The van der Waals surface area contributed by atoms with Gasteiger partial charge >= 0.3 is 12.0 Å². The molecule has 1 fully saturated rings. The second-order valence-corrected chi connectivity index (χ2v) is 5.49. The number of likely N-dealkylation sites (tertiary alicyclic amines) is 1. The first-order chi connectivity index (χ1) is 8.99. The average molecular weight is 270 g/mol. The highest BCUT2D eigenvalue weighted by atomic mass is 16.4. The molecule has 1 aliphatic rings. The van der Waals surface area contributed by atoms with E-state index in [9.17, 15) is 9.59 Å². The number of aliphatic carboxylic acids is 1. The number of rotatable bonds is 5. The van der Waals surface area contributed by atoms with E-state index in [1.807, 2.05) is 13.8 Å². The highest BCUT2D eigenvalue weighted by molar-refractivity contribution is 5.82. The van der Waals surface area contributed by atoms with E-state index in [4.69, 9.17) is 5.11 Å². The average Bonchev–Trinajstić information content (AvgIpc) is 2.43. The Bertz CT molecular complexity index is 312. The van der Waals surface area contributed by atoms with Crippen LogP contribution >= 0.6 is 0 Å². The third kappa shape index (κ3) is 4.40. The van der Waals surface area contributed by atoms with E-state index in [-0.39, 0.29) is 11.9 Å². The van der Waals surface area contributed by atoms with Crippen LogP contribution in [0.3, 0.4) is 0 Å². The number of carbonyl (C=O) groups is 2. The Kier molecular flexibility index (Phi) is 6.12. The number of amides is 2. The Labute approximate surface area is 115 Å². The van der Waals surface area contributed by atoms with Gasteiger partial charge in [0, 0.05) is 13.1 Å². The van der Waals surface area contributed by atoms with Crippen LogP contribution in [0.1, 0.15) is 46.5 Å². The minimum absolute atomic E-state index is 0.0605. The molecule has 0 aromatic carbocycles. The summed E-state index contributed by atoms with van der Waals surface area (Å²) in [6.07, 6.45) is 3.92. The van der Waals surface area contributed by atoms with E-state index in [2.05, 4.69) is 12.2 Å². The van der Waals surface area contributed by atoms with Crippen molar-refractivity contribution < 1.29 is 14.7 Å². The molecular weight excluding hydrogens is 244 g/mol. The van der Waals surface area contributed by atoms with Crippen LogP contribution in [0.4, 0.5) is 4.79 Å². The fourth-order valence-electron chi connectivity index (χ4n) is 2.45. The summed E-state index contributed by atoms with van der Waals surface area (Å²) in [5.41, 5.74) is 0. The summed E-state index contributed by atoms with van der Waals surface area (Å²) in [6, 6.07) is -1.02. The molecule has 110 valence electrons. The molecule has 2 atom stereocenters. The van der Waals surface area contributed by atoms with Gasteiger partial charge in [-0.25, -0.2) is 9.59 Å². The Hall–Kier alpha value is -1.26. The van der Waals surface area contributed by atoms with Gasteiger partial charge in [0.2, 0.25) is 0 Å². The third-order valence-corrected chi connectivity index (χ3v) is 4.24. The molecule has 5 nitrogen and oxygen atoms in total. The molecule has 2 unspecified atom stereocenters. The number of carboxylic acids is 1. The lowest BCUT2D eigenvalue weighted by molar-refractivity contribution is -0.140. The van der Waals surface area contributed by atoms with Crippen LogP contribution in [0, 0.1) is 11.8 Å². The van der Waals surface area contributed by atoms with Gasteiger partial charge in [-0.05, 0) is 24.7 Å². The summed E-state index contributed by atoms with van der Waals surface area (Å²) >= 11 is 0. The molecule has 0 spiro atoms. The second kappa shape index (κ2) is 7.36. The Morgan fingerprint density at radius 1 is 1.32 bits per heavy atom. The smallest absolute Gasteiger partial charge is 0.326 e. The fraction of sp³-hybridized carbons (Fsp3) is 0.857. The van der Waals surface area contributed by atoms with Crippen molar-refractivity contribution in [2.45, 2.75) is 52.5 Å². The Morgan fingerprint density at radius 3 is 2.32 bits per heavy atom. The highest BCUT2D eigenvalue weighted by Gasteiger charge is 2.28. The van der Waals surface area contributed by atoms with E-state index < -0.39 is 12.0 Å². The summed E-state index contributed by atoms with van der Waals surface area (Å²) < 4.78 is 0. The van der Waals surface area contributed by atoms with Gasteiger partial charge in [0.15, 0.2) is 0 Å². The van der Waals surface area contributed by atoms with Gasteiger partial charge < -0.3 is 15.3 Å². The molecule has 19 heavy (non-hydrogen) atoms. The lowest BCUT2D eigenvalue weighted by Gasteiger charge is -2.33. The fourth-order valence-corrected chi connectivity index (χ4v) is 2.45. The summed E-state index contributed by atoms with van der Waals surface area (Å²) in [7, 11) is 0. The molecule has 1 saturated heterocycles. The first-order valence-corrected chi connectivity index (χ1v) is 7.27. The van der Waals surface area contributed by atoms with E-state index in [1.165, 1.54) is 0 Å². The zero-order valence-corrected chi connectivity index (χ0v) is 12.2. The lowest BCUT2D eigenvalue weighted by Crippen LogP contribution is -2.52. The molecule has 0 saturated carbocycles. The van der Waals surface area contributed by atoms with Crippen molar-refractivity contribution >= 4 is 12.0 Å². The van der Waals surface area contributed by atoms with E-state index in [0.717, 1.165) is 38.8 Å². The third-order valence-electron chi connectivity index (χ3n) is 4.24. The van der Waals surface area contributed by atoms with E-state index in [1.54, 1.807) is 4.90 Å². The number of carbonyl (C=O) groups excluding carboxylic acids is 1. The maximum absolute atomic E-state index is 12.1. The summed E-state index contributed by atoms with van der Waals surface area (Å²) in [5, 5.41) is 11.8. The summed E-state index contributed by atoms with van der Waals surface area (Å²) in [5.74, 6) is -0.310. The van der Waals surface area contributed by atoms with Gasteiger partial charge in [-0.2, -0.15) is 0 Å². The molecule has 2 amide bonds. The number of hydrogen-bond donors (Lipinski definition) is 2. The van der Waals surface area contributed by atoms with Crippen molar-refractivity contribution in [1.82, 2.24) is 10.2 Å². The molecule has 0 aliphatic carbocycles. The Morgan fingerprint density at radius 2 is 1.89 bits per heavy atom. The quantitative estimate of drug-likeness (QED) is 0.805. The molecule has 0 radical (unpaired) electrons. The van der Waals surface area contributed by atoms with Gasteiger partial charge in [-0.15, -0.1) is 0 Å². The normalized spacial score (nSPS) is 19.8. The number of piperidine rings is 1. The molecule has 1 aliphatic heterocycles. The van der Waals surface area contributed by atoms with Crippen LogP contribution in [0.15, 0.2) is 0 Å². The van der Waals surface area contributed by atoms with Crippen LogP contribution in [0.25, 0.3) is 0 Å². The van der Waals surface area contributed by atoms with Crippen LogP contribution in [0.2, 0.25) is 0 Å². The zero-order valence-electron chi connectivity index (χ0n) is 12.2. The molecule has 0 aromatic heterocycles. The zero-order chi connectivity index (χ0) is 14.4. The van der Waals surface area contributed by atoms with Gasteiger partial charge in [0.05, 0.1) is 0 Å². The predicted molar refractivity (Wildman–Crippen MR) is 74.0 cm³/mol. The number of carboxylic acid groups (broad SMARTS) is 1. The van der Waals surface area contributed by atoms with Crippen molar-refractivity contribution in [3.05, 3.63) is 0 Å². The van der Waals surface area contributed by atoms with E-state index >= 15 is 0 Å². The largest absolute Gasteiger partial charge is 0.480 e. The molecule has 1 heterocycles. The monoisotopic (exact) mass is 270 g/mol. The molecule has 1 rings (SSSR count). The van der Waals surface area contributed by atoms with Crippen LogP contribution in [0.5, 0.6) is 0 Å². The van der Waals surface area contributed by atoms with Crippen LogP contribution in [-0.4, -0.2) is 41.1 Å². The predicted octanol–water partition coefficient (Wildman–Crippen LogP) is 2.32. The van der Waals surface area contributed by atoms with Gasteiger partial charge in [-0.3, -0.25) is 0 Å². The maximum Gasteiger partial charge on any atom is 0.326 e. The van der Waals surface area contributed by atoms with Gasteiger partial charge in [-0.1, -0.05) is 33.6 Å². The van der Waals surface area contributed by atoms with Crippen molar-refractivity contribution in [2.24, 2.45) is 11.8 Å². The standard InChI is InChI=1S/C14H26N2O3/c1-4-10(3)12(13(17)18)15-14(19)16-8-6-11(5-2)7-9-16/h10-12H,4-9H2,1-3H3,(H,15,19)(H,17,18). The molecule has 5 heteroatoms. The number of hydrogen-bond acceptors (Lipinski definition) is 2. The van der Waals surface area contributed by atoms with E-state index in [0.29, 0.717) is 5.92 Å². The first-order valence-electron chi connectivity index (χ1n) is 7.27. The van der Waals surface area contributed by atoms with Gasteiger partial charge in [0.25, 0.3) is 0 Å². The molecule has 0 aromatic rings. The van der Waals surface area contributed by atoms with Crippen LogP contribution < -0.4 is 5.32 Å². The number of nitrogens with one attached hydrogen (secondary N) is 1. The number of urea groups is 1. The number of nitrogens with zero attached hydrogens (tertiary/aromatic N) is 1. The second-order valence-electron chi connectivity index (χ2n) is 5.49. The summed E-state index contributed by atoms with van der Waals surface area (Å²) in [4.78, 5) is 25.0. The molecule has 2 N–H and O–H groups in total. The van der Waals surface area contributed by atoms with Crippen molar-refractivity contribution in [3.8, 4) is 0 Å². The van der Waals surface area contributed by atoms with Gasteiger partial charge in [0.1, 0.15) is 6.04 Å². The first kappa shape index (κ1) is 15.8. The summed E-state index contributed by atoms with van der Waals surface area (Å²) in [6.45, 7) is 7.42. The minimum Gasteiger partial charge on any atom is -0.480 e. The lowest BCUT2D eigenvalue weighted by atomic mass is 9.94. The SMILES string of the molecule is CCC1CCN(C(=O)NC(C(=O)O)C(C)CC)CC1. The molecule has 0 bridgehead atoms. The molecular formula is C14H26N2O3. The maximum atomic E-state index is 12.1. The van der Waals surface area contributed by atoms with Crippen molar-refractivity contribution in [1.29, 1.82) is 0 Å². The van der Waals surface area contributed by atoms with Crippen molar-refractivity contribution in [2.75, 3.05) is 13.1 Å². The highest BCUT2D eigenvalue weighted by Crippen LogP contribution is 2.20. The minimum atomic E-state index is -0.953.